The number of anilines is 1. The summed E-state index contributed by atoms with van der Waals surface area (Å²) in [4.78, 5) is 44.7. The first-order chi connectivity index (χ1) is 15.4. The van der Waals surface area contributed by atoms with Gasteiger partial charge in [-0.15, -0.1) is 22.7 Å². The van der Waals surface area contributed by atoms with Gasteiger partial charge < -0.3 is 10.1 Å². The van der Waals surface area contributed by atoms with E-state index in [1.54, 1.807) is 18.4 Å². The molecule has 1 aliphatic rings. The number of ether oxygens (including phenoxy) is 1. The van der Waals surface area contributed by atoms with Crippen LogP contribution in [0.25, 0.3) is 10.2 Å². The molecule has 32 heavy (non-hydrogen) atoms. The SMILES string of the molecule is CCOC(=O)c1ccsc1NC(=O)CSc1nc2sc(C)c(C)c2c(=O)n1C1CCCC1. The molecule has 4 rings (SSSR count). The minimum Gasteiger partial charge on any atom is -0.462 e. The van der Waals surface area contributed by atoms with Gasteiger partial charge in [0.2, 0.25) is 5.91 Å². The van der Waals surface area contributed by atoms with Gasteiger partial charge in [-0.2, -0.15) is 0 Å². The summed E-state index contributed by atoms with van der Waals surface area (Å²) in [5.41, 5.74) is 1.34. The third-order valence-electron chi connectivity index (χ3n) is 5.64. The van der Waals surface area contributed by atoms with Crippen LogP contribution >= 0.6 is 34.4 Å². The standard InChI is InChI=1S/C22H25N3O4S3/c1-4-29-21(28)15-9-10-30-18(15)23-16(26)11-31-22-24-19-17(12(2)13(3)32-19)20(27)25(22)14-7-5-6-8-14/h9-10,14H,4-8,11H2,1-3H3,(H,23,26). The molecule has 3 heterocycles. The fourth-order valence-corrected chi connectivity index (χ4v) is 6.67. The van der Waals surface area contributed by atoms with Crippen LogP contribution in [0.3, 0.4) is 0 Å². The van der Waals surface area contributed by atoms with Crippen molar-refractivity contribution in [1.29, 1.82) is 0 Å². The van der Waals surface area contributed by atoms with Crippen LogP contribution in [0.15, 0.2) is 21.4 Å². The van der Waals surface area contributed by atoms with Crippen molar-refractivity contribution in [2.24, 2.45) is 0 Å². The van der Waals surface area contributed by atoms with Crippen LogP contribution in [0.4, 0.5) is 5.00 Å². The summed E-state index contributed by atoms with van der Waals surface area (Å²) in [5.74, 6) is -0.620. The highest BCUT2D eigenvalue weighted by atomic mass is 32.2. The average molecular weight is 492 g/mol. The second-order valence-corrected chi connectivity index (χ2v) is 10.8. The number of hydrogen-bond donors (Lipinski definition) is 1. The number of carbonyl (C=O) groups excluding carboxylic acids is 2. The number of esters is 1. The number of rotatable bonds is 7. The van der Waals surface area contributed by atoms with Crippen molar-refractivity contribution in [3.63, 3.8) is 0 Å². The monoisotopic (exact) mass is 491 g/mol. The van der Waals surface area contributed by atoms with Crippen LogP contribution in [-0.4, -0.2) is 33.8 Å². The van der Waals surface area contributed by atoms with Gasteiger partial charge in [-0.25, -0.2) is 9.78 Å². The number of aromatic nitrogens is 2. The summed E-state index contributed by atoms with van der Waals surface area (Å²) in [6.07, 6.45) is 4.09. The molecule has 0 radical (unpaired) electrons. The van der Waals surface area contributed by atoms with E-state index in [9.17, 15) is 14.4 Å². The van der Waals surface area contributed by atoms with Gasteiger partial charge >= 0.3 is 5.97 Å². The number of thiophene rings is 2. The van der Waals surface area contributed by atoms with Gasteiger partial charge in [0, 0.05) is 10.9 Å². The zero-order chi connectivity index (χ0) is 22.8. The molecule has 3 aromatic rings. The van der Waals surface area contributed by atoms with Crippen molar-refractivity contribution < 1.29 is 14.3 Å². The Bertz CT molecular complexity index is 1220. The molecule has 0 unspecified atom stereocenters. The number of hydrogen-bond acceptors (Lipinski definition) is 8. The van der Waals surface area contributed by atoms with E-state index in [2.05, 4.69) is 5.32 Å². The fourth-order valence-electron chi connectivity index (χ4n) is 3.94. The van der Waals surface area contributed by atoms with Gasteiger partial charge in [0.25, 0.3) is 5.56 Å². The van der Waals surface area contributed by atoms with Gasteiger partial charge in [-0.1, -0.05) is 24.6 Å². The molecular formula is C22H25N3O4S3. The predicted octanol–water partition coefficient (Wildman–Crippen LogP) is 5.16. The van der Waals surface area contributed by atoms with Gasteiger partial charge in [0.1, 0.15) is 9.83 Å². The molecule has 1 saturated carbocycles. The lowest BCUT2D eigenvalue weighted by atomic mass is 10.2. The molecule has 7 nitrogen and oxygen atoms in total. The number of fused-ring (bicyclic) bond motifs is 1. The summed E-state index contributed by atoms with van der Waals surface area (Å²) in [7, 11) is 0. The Morgan fingerprint density at radius 2 is 2.06 bits per heavy atom. The highest BCUT2D eigenvalue weighted by molar-refractivity contribution is 7.99. The molecule has 0 bridgehead atoms. The first-order valence-corrected chi connectivity index (χ1v) is 13.3. The second-order valence-electron chi connectivity index (χ2n) is 7.69. The van der Waals surface area contributed by atoms with Crippen molar-refractivity contribution in [2.45, 2.75) is 57.7 Å². The van der Waals surface area contributed by atoms with Crippen LogP contribution in [0.5, 0.6) is 0 Å². The van der Waals surface area contributed by atoms with Crippen LogP contribution in [0.1, 0.15) is 59.4 Å². The van der Waals surface area contributed by atoms with E-state index in [1.165, 1.54) is 34.4 Å². The lowest BCUT2D eigenvalue weighted by Crippen LogP contribution is -2.27. The molecule has 1 amide bonds. The molecule has 3 aromatic heterocycles. The van der Waals surface area contributed by atoms with Crippen molar-refractivity contribution in [2.75, 3.05) is 17.7 Å². The Balaban J connectivity index is 1.57. The number of amides is 1. The van der Waals surface area contributed by atoms with Crippen molar-refractivity contribution in [1.82, 2.24) is 9.55 Å². The summed E-state index contributed by atoms with van der Waals surface area (Å²) in [5, 5.41) is 6.29. The third-order valence-corrected chi connectivity index (χ3v) is 8.52. The van der Waals surface area contributed by atoms with E-state index in [0.29, 0.717) is 21.1 Å². The first-order valence-electron chi connectivity index (χ1n) is 10.6. The van der Waals surface area contributed by atoms with Gasteiger partial charge in [0.05, 0.1) is 23.3 Å². The topological polar surface area (TPSA) is 90.3 Å². The Morgan fingerprint density at radius 3 is 2.78 bits per heavy atom. The third kappa shape index (κ3) is 4.49. The fraction of sp³-hybridized carbons (Fsp3) is 0.455. The molecule has 0 saturated heterocycles. The molecule has 1 fully saturated rings. The number of nitrogens with one attached hydrogen (secondary N) is 1. The lowest BCUT2D eigenvalue weighted by Gasteiger charge is -2.18. The van der Waals surface area contributed by atoms with Crippen LogP contribution in [0.2, 0.25) is 0 Å². The minimum atomic E-state index is -0.456. The van der Waals surface area contributed by atoms with Crippen LogP contribution in [0, 0.1) is 13.8 Å². The van der Waals surface area contributed by atoms with Gasteiger partial charge in [0.15, 0.2) is 5.16 Å². The smallest absolute Gasteiger partial charge is 0.341 e. The molecule has 0 aromatic carbocycles. The Labute approximate surface area is 198 Å². The maximum absolute atomic E-state index is 13.4. The van der Waals surface area contributed by atoms with Crippen molar-refractivity contribution in [3.05, 3.63) is 37.8 Å². The highest BCUT2D eigenvalue weighted by Gasteiger charge is 2.25. The Hall–Kier alpha value is -2.17. The maximum Gasteiger partial charge on any atom is 0.341 e. The maximum atomic E-state index is 13.4. The van der Waals surface area contributed by atoms with Gasteiger partial charge in [-0.05, 0) is 50.6 Å². The van der Waals surface area contributed by atoms with E-state index in [1.807, 2.05) is 18.4 Å². The minimum absolute atomic E-state index is 0.00508. The Morgan fingerprint density at radius 1 is 1.31 bits per heavy atom. The summed E-state index contributed by atoms with van der Waals surface area (Å²) in [6, 6.07) is 1.76. The van der Waals surface area contributed by atoms with Gasteiger partial charge in [-0.3, -0.25) is 14.2 Å². The number of carbonyl (C=O) groups is 2. The largest absolute Gasteiger partial charge is 0.462 e. The average Bonchev–Trinajstić information content (AvgIpc) is 3.49. The van der Waals surface area contributed by atoms with E-state index >= 15 is 0 Å². The molecular weight excluding hydrogens is 466 g/mol. The summed E-state index contributed by atoms with van der Waals surface area (Å²) < 4.78 is 6.85. The van der Waals surface area contributed by atoms with E-state index in [4.69, 9.17) is 9.72 Å². The van der Waals surface area contributed by atoms with Crippen molar-refractivity contribution in [3.8, 4) is 0 Å². The lowest BCUT2D eigenvalue weighted by molar-refractivity contribution is -0.113. The van der Waals surface area contributed by atoms with Crippen LogP contribution in [-0.2, 0) is 9.53 Å². The normalized spacial score (nSPS) is 14.2. The number of thioether (sulfide) groups is 1. The predicted molar refractivity (Wildman–Crippen MR) is 130 cm³/mol. The highest BCUT2D eigenvalue weighted by Crippen LogP contribution is 2.34. The quantitative estimate of drug-likeness (QED) is 0.279. The molecule has 0 aliphatic heterocycles. The first kappa shape index (κ1) is 23.0. The molecule has 1 N–H and O–H groups in total. The Kier molecular flexibility index (Phi) is 7.02. The summed E-state index contributed by atoms with van der Waals surface area (Å²) in [6.45, 7) is 5.98. The second kappa shape index (κ2) is 9.76. The number of nitrogens with zero attached hydrogens (tertiary/aromatic N) is 2. The van der Waals surface area contributed by atoms with E-state index in [-0.39, 0.29) is 29.9 Å². The summed E-state index contributed by atoms with van der Waals surface area (Å²) >= 11 is 4.06. The van der Waals surface area contributed by atoms with E-state index < -0.39 is 5.97 Å². The molecule has 10 heteroatoms. The number of aryl methyl sites for hydroxylation is 2. The van der Waals surface area contributed by atoms with Crippen molar-refractivity contribution >= 4 is 61.5 Å². The van der Waals surface area contributed by atoms with Crippen LogP contribution < -0.4 is 10.9 Å². The zero-order valence-corrected chi connectivity index (χ0v) is 20.7. The molecule has 170 valence electrons. The van der Waals surface area contributed by atoms with E-state index in [0.717, 1.165) is 41.0 Å². The molecule has 0 atom stereocenters. The molecule has 1 aliphatic carbocycles. The molecule has 0 spiro atoms. The zero-order valence-electron chi connectivity index (χ0n) is 18.2.